The first kappa shape index (κ1) is 16.6. The van der Waals surface area contributed by atoms with Crippen molar-refractivity contribution in [1.29, 1.82) is 0 Å². The number of carbonyl (C=O) groups is 1. The molecular weight excluding hydrogens is 342 g/mol. The summed E-state index contributed by atoms with van der Waals surface area (Å²) in [5, 5.41) is 3.01. The van der Waals surface area contributed by atoms with E-state index < -0.39 is 5.41 Å². The maximum Gasteiger partial charge on any atom is 0.234 e. The number of rotatable bonds is 4. The van der Waals surface area contributed by atoms with Gasteiger partial charge in [-0.2, -0.15) is 0 Å². The quantitative estimate of drug-likeness (QED) is 0.858. The monoisotopic (exact) mass is 361 g/mol. The van der Waals surface area contributed by atoms with E-state index in [1.165, 1.54) is 0 Å². The topological polar surface area (TPSA) is 38.3 Å². The lowest BCUT2D eigenvalue weighted by Gasteiger charge is -2.25. The van der Waals surface area contributed by atoms with Crippen molar-refractivity contribution in [3.8, 4) is 5.75 Å². The predicted octanol–water partition coefficient (Wildman–Crippen LogP) is 4.68. The zero-order chi connectivity index (χ0) is 16.3. The van der Waals surface area contributed by atoms with Gasteiger partial charge in [-0.1, -0.05) is 28.1 Å². The van der Waals surface area contributed by atoms with Crippen LogP contribution < -0.4 is 10.1 Å². The van der Waals surface area contributed by atoms with Crippen molar-refractivity contribution >= 4 is 27.5 Å². The molecule has 1 amide bonds. The molecule has 0 aliphatic carbocycles. The van der Waals surface area contributed by atoms with Gasteiger partial charge in [0.1, 0.15) is 5.75 Å². The zero-order valence-electron chi connectivity index (χ0n) is 13.2. The fourth-order valence-corrected chi connectivity index (χ4v) is 2.66. The Kier molecular flexibility index (Phi) is 4.91. The van der Waals surface area contributed by atoms with Crippen molar-refractivity contribution in [2.75, 3.05) is 12.4 Å². The summed E-state index contributed by atoms with van der Waals surface area (Å²) in [6.07, 6.45) is 0. The highest BCUT2D eigenvalue weighted by Gasteiger charge is 2.30. The molecule has 0 atom stereocenters. The highest BCUT2D eigenvalue weighted by Crippen LogP contribution is 2.28. The van der Waals surface area contributed by atoms with Crippen LogP contribution in [0.3, 0.4) is 0 Å². The molecule has 0 fully saturated rings. The second kappa shape index (κ2) is 6.53. The number of amides is 1. The van der Waals surface area contributed by atoms with Gasteiger partial charge in [0.05, 0.1) is 12.5 Å². The minimum atomic E-state index is -0.633. The van der Waals surface area contributed by atoms with E-state index in [1.54, 1.807) is 7.11 Å². The van der Waals surface area contributed by atoms with E-state index in [0.29, 0.717) is 0 Å². The molecular formula is C18H20BrNO2. The molecule has 2 aromatic rings. The molecule has 0 aliphatic rings. The Morgan fingerprint density at radius 1 is 1.14 bits per heavy atom. The van der Waals surface area contributed by atoms with E-state index in [1.807, 2.05) is 63.2 Å². The van der Waals surface area contributed by atoms with Crippen molar-refractivity contribution in [2.45, 2.75) is 26.2 Å². The highest BCUT2D eigenvalue weighted by molar-refractivity contribution is 9.10. The number of halogens is 1. The van der Waals surface area contributed by atoms with E-state index >= 15 is 0 Å². The van der Waals surface area contributed by atoms with Crippen molar-refractivity contribution in [2.24, 2.45) is 0 Å². The van der Waals surface area contributed by atoms with Gasteiger partial charge in [0, 0.05) is 10.2 Å². The summed E-state index contributed by atoms with van der Waals surface area (Å²) >= 11 is 3.43. The molecule has 1 N–H and O–H groups in total. The Labute approximate surface area is 139 Å². The summed E-state index contributed by atoms with van der Waals surface area (Å²) < 4.78 is 6.16. The Morgan fingerprint density at radius 3 is 2.32 bits per heavy atom. The molecule has 0 spiro atoms. The second-order valence-corrected chi connectivity index (χ2v) is 6.68. The van der Waals surface area contributed by atoms with Gasteiger partial charge in [-0.3, -0.25) is 4.79 Å². The Bertz CT molecular complexity index is 678. The van der Waals surface area contributed by atoms with E-state index in [9.17, 15) is 4.79 Å². The molecule has 0 heterocycles. The Hall–Kier alpha value is -1.81. The summed E-state index contributed by atoms with van der Waals surface area (Å²) in [6, 6.07) is 13.4. The molecule has 116 valence electrons. The van der Waals surface area contributed by atoms with Crippen LogP contribution in [0.15, 0.2) is 46.9 Å². The Balaban J connectivity index is 2.22. The lowest BCUT2D eigenvalue weighted by Crippen LogP contribution is -2.34. The van der Waals surface area contributed by atoms with Gasteiger partial charge in [0.2, 0.25) is 5.91 Å². The van der Waals surface area contributed by atoms with Crippen LogP contribution in [-0.4, -0.2) is 13.0 Å². The van der Waals surface area contributed by atoms with Crippen molar-refractivity contribution in [1.82, 2.24) is 0 Å². The van der Waals surface area contributed by atoms with Gasteiger partial charge < -0.3 is 10.1 Å². The minimum absolute atomic E-state index is 0.0388. The fraction of sp³-hybridized carbons (Fsp3) is 0.278. The lowest BCUT2D eigenvalue weighted by molar-refractivity contribution is -0.120. The van der Waals surface area contributed by atoms with Gasteiger partial charge in [-0.25, -0.2) is 0 Å². The molecule has 0 bridgehead atoms. The zero-order valence-corrected chi connectivity index (χ0v) is 14.8. The van der Waals surface area contributed by atoms with E-state index in [-0.39, 0.29) is 5.91 Å². The molecule has 0 radical (unpaired) electrons. The van der Waals surface area contributed by atoms with Crippen LogP contribution in [0.1, 0.15) is 25.0 Å². The van der Waals surface area contributed by atoms with Gasteiger partial charge in [0.25, 0.3) is 0 Å². The third-order valence-corrected chi connectivity index (χ3v) is 4.31. The summed E-state index contributed by atoms with van der Waals surface area (Å²) in [4.78, 5) is 12.7. The normalized spacial score (nSPS) is 11.1. The average molecular weight is 362 g/mol. The van der Waals surface area contributed by atoms with Gasteiger partial charge >= 0.3 is 0 Å². The van der Waals surface area contributed by atoms with Crippen molar-refractivity contribution in [3.63, 3.8) is 0 Å². The number of benzene rings is 2. The molecule has 2 aromatic carbocycles. The van der Waals surface area contributed by atoms with Crippen LogP contribution in [0, 0.1) is 6.92 Å². The largest absolute Gasteiger partial charge is 0.497 e. The van der Waals surface area contributed by atoms with Gasteiger partial charge in [0.15, 0.2) is 0 Å². The highest BCUT2D eigenvalue weighted by atomic mass is 79.9. The smallest absolute Gasteiger partial charge is 0.234 e. The molecule has 3 nitrogen and oxygen atoms in total. The standard InChI is InChI=1S/C18H20BrNO2/c1-12-11-14(19)7-10-16(12)20-17(21)18(2,3)13-5-8-15(22-4)9-6-13/h5-11H,1-4H3,(H,20,21). The minimum Gasteiger partial charge on any atom is -0.497 e. The van der Waals surface area contributed by atoms with E-state index in [0.717, 1.165) is 27.0 Å². The molecule has 2 rings (SSSR count). The third kappa shape index (κ3) is 3.50. The molecule has 0 aliphatic heterocycles. The first-order chi connectivity index (χ1) is 10.3. The molecule has 0 aromatic heterocycles. The first-order valence-corrected chi connectivity index (χ1v) is 7.86. The number of anilines is 1. The number of carbonyl (C=O) groups excluding carboxylic acids is 1. The molecule has 22 heavy (non-hydrogen) atoms. The molecule has 0 unspecified atom stereocenters. The van der Waals surface area contributed by atoms with Crippen LogP contribution in [0.5, 0.6) is 5.75 Å². The van der Waals surface area contributed by atoms with Crippen LogP contribution in [-0.2, 0) is 10.2 Å². The number of aryl methyl sites for hydroxylation is 1. The number of methoxy groups -OCH3 is 1. The molecule has 0 saturated carbocycles. The number of nitrogens with one attached hydrogen (secondary N) is 1. The lowest BCUT2D eigenvalue weighted by atomic mass is 9.83. The van der Waals surface area contributed by atoms with Gasteiger partial charge in [-0.05, 0) is 62.2 Å². The number of hydrogen-bond acceptors (Lipinski definition) is 2. The van der Waals surface area contributed by atoms with Crippen molar-refractivity contribution in [3.05, 3.63) is 58.1 Å². The number of hydrogen-bond donors (Lipinski definition) is 1. The van der Waals surface area contributed by atoms with E-state index in [4.69, 9.17) is 4.74 Å². The summed E-state index contributed by atoms with van der Waals surface area (Å²) in [5.74, 6) is 0.742. The second-order valence-electron chi connectivity index (χ2n) is 5.77. The third-order valence-electron chi connectivity index (χ3n) is 3.82. The van der Waals surface area contributed by atoms with Crippen LogP contribution in [0.25, 0.3) is 0 Å². The van der Waals surface area contributed by atoms with Crippen LogP contribution >= 0.6 is 15.9 Å². The maximum absolute atomic E-state index is 12.7. The van der Waals surface area contributed by atoms with Gasteiger partial charge in [-0.15, -0.1) is 0 Å². The summed E-state index contributed by atoms with van der Waals surface area (Å²) in [5.41, 5.74) is 2.16. The summed E-state index contributed by atoms with van der Waals surface area (Å²) in [6.45, 7) is 5.80. The fourth-order valence-electron chi connectivity index (χ4n) is 2.18. The predicted molar refractivity (Wildman–Crippen MR) is 93.5 cm³/mol. The van der Waals surface area contributed by atoms with Crippen molar-refractivity contribution < 1.29 is 9.53 Å². The van der Waals surface area contributed by atoms with Crippen LogP contribution in [0.2, 0.25) is 0 Å². The molecule has 4 heteroatoms. The van der Waals surface area contributed by atoms with Crippen LogP contribution in [0.4, 0.5) is 5.69 Å². The Morgan fingerprint density at radius 2 is 1.77 bits per heavy atom. The molecule has 0 saturated heterocycles. The SMILES string of the molecule is COc1ccc(C(C)(C)C(=O)Nc2ccc(Br)cc2C)cc1. The van der Waals surface area contributed by atoms with E-state index in [2.05, 4.69) is 21.2 Å². The first-order valence-electron chi connectivity index (χ1n) is 7.06. The summed E-state index contributed by atoms with van der Waals surface area (Å²) in [7, 11) is 1.63. The number of ether oxygens (including phenoxy) is 1. The average Bonchev–Trinajstić information content (AvgIpc) is 2.50. The maximum atomic E-state index is 12.7.